The van der Waals surface area contributed by atoms with Gasteiger partial charge in [0.1, 0.15) is 0 Å². The molecule has 0 radical (unpaired) electrons. The maximum Gasteiger partial charge on any atom is 0.171 e. The van der Waals surface area contributed by atoms with Crippen molar-refractivity contribution in [3.63, 3.8) is 0 Å². The molecule has 1 aromatic carbocycles. The van der Waals surface area contributed by atoms with Crippen LogP contribution >= 0.6 is 11.3 Å². The Morgan fingerprint density at radius 3 is 2.45 bits per heavy atom. The van der Waals surface area contributed by atoms with Gasteiger partial charge < -0.3 is 5.32 Å². The second-order valence-electron chi connectivity index (χ2n) is 4.91. The molecule has 1 aliphatic heterocycles. The fourth-order valence-corrected chi connectivity index (χ4v) is 3.79. The Hall–Kier alpha value is -2.14. The zero-order valence-corrected chi connectivity index (χ0v) is 11.6. The maximum atomic E-state index is 9.71. The second kappa shape index (κ2) is 5.09. The third-order valence-corrected chi connectivity index (χ3v) is 4.87. The van der Waals surface area contributed by atoms with Crippen molar-refractivity contribution in [2.24, 2.45) is 5.41 Å². The van der Waals surface area contributed by atoms with Gasteiger partial charge in [0.25, 0.3) is 0 Å². The van der Waals surface area contributed by atoms with Crippen molar-refractivity contribution in [1.82, 2.24) is 5.32 Å². The smallest absolute Gasteiger partial charge is 0.171 e. The lowest BCUT2D eigenvalue weighted by molar-refractivity contribution is 0.422. The molecule has 98 valence electrons. The zero-order valence-electron chi connectivity index (χ0n) is 10.8. The van der Waals surface area contributed by atoms with Gasteiger partial charge in [-0.25, -0.2) is 0 Å². The molecule has 0 aliphatic carbocycles. The summed E-state index contributed by atoms with van der Waals surface area (Å²) in [4.78, 5) is 1.05. The molecule has 2 aromatic rings. The molecule has 0 amide bonds. The molecule has 2 atom stereocenters. The molecule has 3 nitrogen and oxygen atoms in total. The molecule has 1 N–H and O–H groups in total. The van der Waals surface area contributed by atoms with Crippen molar-refractivity contribution in [3.05, 3.63) is 58.3 Å². The van der Waals surface area contributed by atoms with E-state index in [1.807, 2.05) is 47.8 Å². The van der Waals surface area contributed by atoms with Gasteiger partial charge >= 0.3 is 0 Å². The fraction of sp³-hybridized carbons (Fsp3) is 0.250. The van der Waals surface area contributed by atoms with Crippen LogP contribution in [0.5, 0.6) is 0 Å². The molecule has 3 rings (SSSR count). The monoisotopic (exact) mass is 279 g/mol. The molecule has 0 saturated carbocycles. The van der Waals surface area contributed by atoms with Crippen molar-refractivity contribution >= 4 is 11.3 Å². The number of hydrogen-bond donors (Lipinski definition) is 1. The number of benzene rings is 1. The van der Waals surface area contributed by atoms with Crippen LogP contribution in [0.3, 0.4) is 0 Å². The van der Waals surface area contributed by atoms with Gasteiger partial charge in [-0.1, -0.05) is 36.4 Å². The van der Waals surface area contributed by atoms with Gasteiger partial charge in [0.15, 0.2) is 5.41 Å². The van der Waals surface area contributed by atoms with Crippen LogP contribution in [-0.2, 0) is 0 Å². The molecular formula is C16H13N3S. The first-order chi connectivity index (χ1) is 9.81. The van der Waals surface area contributed by atoms with Crippen molar-refractivity contribution in [3.8, 4) is 12.1 Å². The summed E-state index contributed by atoms with van der Waals surface area (Å²) in [5.41, 5.74) is -0.00574. The standard InChI is InChI=1S/C16H13N3S/c17-10-16(11-18)13(12-5-2-1-3-6-12)9-19-15(16)14-7-4-8-20-14/h1-8,13,15,19H,9H2. The Kier molecular flexibility index (Phi) is 3.28. The molecule has 2 heterocycles. The topological polar surface area (TPSA) is 59.6 Å². The minimum atomic E-state index is -1.05. The van der Waals surface area contributed by atoms with Crippen LogP contribution in [0.4, 0.5) is 0 Å². The van der Waals surface area contributed by atoms with Crippen LogP contribution in [-0.4, -0.2) is 6.54 Å². The van der Waals surface area contributed by atoms with E-state index >= 15 is 0 Å². The average Bonchev–Trinajstić information content (AvgIpc) is 3.15. The predicted octanol–water partition coefficient (Wildman–Crippen LogP) is 3.21. The van der Waals surface area contributed by atoms with E-state index in [-0.39, 0.29) is 12.0 Å². The predicted molar refractivity (Wildman–Crippen MR) is 77.9 cm³/mol. The number of rotatable bonds is 2. The van der Waals surface area contributed by atoms with Crippen LogP contribution in [0.25, 0.3) is 0 Å². The Bertz CT molecular complexity index is 650. The highest BCUT2D eigenvalue weighted by molar-refractivity contribution is 7.10. The highest BCUT2D eigenvalue weighted by atomic mass is 32.1. The number of nitrogens with zero attached hydrogens (tertiary/aromatic N) is 2. The minimum absolute atomic E-state index is 0.106. The summed E-state index contributed by atoms with van der Waals surface area (Å²) in [5, 5.41) is 24.8. The number of hydrogen-bond acceptors (Lipinski definition) is 4. The molecule has 1 saturated heterocycles. The lowest BCUT2D eigenvalue weighted by Crippen LogP contribution is -2.28. The first kappa shape index (κ1) is 12.9. The van der Waals surface area contributed by atoms with Crippen LogP contribution in [0, 0.1) is 28.1 Å². The minimum Gasteiger partial charge on any atom is -0.306 e. The summed E-state index contributed by atoms with van der Waals surface area (Å²) < 4.78 is 0. The SMILES string of the molecule is N#CC1(C#N)C(c2ccccc2)CNC1c1cccs1. The quantitative estimate of drug-likeness (QED) is 0.918. The molecule has 4 heteroatoms. The molecule has 0 spiro atoms. The van der Waals surface area contributed by atoms with E-state index in [1.54, 1.807) is 11.3 Å². The van der Waals surface area contributed by atoms with Gasteiger partial charge in [-0.05, 0) is 17.0 Å². The van der Waals surface area contributed by atoms with Crippen molar-refractivity contribution < 1.29 is 0 Å². The van der Waals surface area contributed by atoms with E-state index in [1.165, 1.54) is 0 Å². The van der Waals surface area contributed by atoms with Gasteiger partial charge in [0.05, 0.1) is 18.2 Å². The first-order valence-electron chi connectivity index (χ1n) is 6.46. The zero-order chi connectivity index (χ0) is 14.0. The second-order valence-corrected chi connectivity index (χ2v) is 5.89. The number of thiophene rings is 1. The van der Waals surface area contributed by atoms with E-state index in [0.717, 1.165) is 10.4 Å². The van der Waals surface area contributed by atoms with E-state index in [4.69, 9.17) is 0 Å². The molecular weight excluding hydrogens is 266 g/mol. The summed E-state index contributed by atoms with van der Waals surface area (Å²) in [6, 6.07) is 18.2. The van der Waals surface area contributed by atoms with E-state index in [9.17, 15) is 10.5 Å². The summed E-state index contributed by atoms with van der Waals surface area (Å²) in [6.45, 7) is 0.647. The molecule has 1 fully saturated rings. The van der Waals surface area contributed by atoms with E-state index in [2.05, 4.69) is 17.5 Å². The lowest BCUT2D eigenvalue weighted by Gasteiger charge is -2.25. The average molecular weight is 279 g/mol. The van der Waals surface area contributed by atoms with Gasteiger partial charge in [-0.3, -0.25) is 0 Å². The number of nitrogens with one attached hydrogen (secondary N) is 1. The highest BCUT2D eigenvalue weighted by Gasteiger charge is 2.53. The van der Waals surface area contributed by atoms with Gasteiger partial charge in [-0.15, -0.1) is 11.3 Å². The number of nitriles is 2. The van der Waals surface area contributed by atoms with Crippen molar-refractivity contribution in [2.75, 3.05) is 6.54 Å². The largest absolute Gasteiger partial charge is 0.306 e. The van der Waals surface area contributed by atoms with Crippen LogP contribution < -0.4 is 5.32 Å². The molecule has 2 unspecified atom stereocenters. The Labute approximate surface area is 122 Å². The van der Waals surface area contributed by atoms with Crippen LogP contribution in [0.2, 0.25) is 0 Å². The fourth-order valence-electron chi connectivity index (χ4n) is 2.92. The Morgan fingerprint density at radius 1 is 1.10 bits per heavy atom. The van der Waals surface area contributed by atoms with Crippen molar-refractivity contribution in [1.29, 1.82) is 10.5 Å². The highest BCUT2D eigenvalue weighted by Crippen LogP contribution is 2.50. The summed E-state index contributed by atoms with van der Waals surface area (Å²) >= 11 is 1.59. The molecule has 0 bridgehead atoms. The molecule has 1 aliphatic rings. The summed E-state index contributed by atoms with van der Waals surface area (Å²) in [5.74, 6) is -0.106. The van der Waals surface area contributed by atoms with Gasteiger partial charge in [0, 0.05) is 17.3 Å². The Balaban J connectivity index is 2.07. The normalized spacial score (nSPS) is 23.9. The summed E-state index contributed by atoms with van der Waals surface area (Å²) in [7, 11) is 0. The van der Waals surface area contributed by atoms with Gasteiger partial charge in [0.2, 0.25) is 0 Å². The summed E-state index contributed by atoms with van der Waals surface area (Å²) in [6.07, 6.45) is 0. The molecule has 1 aromatic heterocycles. The maximum absolute atomic E-state index is 9.71. The van der Waals surface area contributed by atoms with Crippen LogP contribution in [0.1, 0.15) is 22.4 Å². The first-order valence-corrected chi connectivity index (χ1v) is 7.34. The van der Waals surface area contributed by atoms with E-state index < -0.39 is 5.41 Å². The third-order valence-electron chi connectivity index (χ3n) is 3.93. The molecule has 20 heavy (non-hydrogen) atoms. The van der Waals surface area contributed by atoms with Gasteiger partial charge in [-0.2, -0.15) is 10.5 Å². The Morgan fingerprint density at radius 2 is 1.85 bits per heavy atom. The van der Waals surface area contributed by atoms with Crippen LogP contribution in [0.15, 0.2) is 47.8 Å². The van der Waals surface area contributed by atoms with Crippen molar-refractivity contribution in [2.45, 2.75) is 12.0 Å². The third kappa shape index (κ3) is 1.82. The van der Waals surface area contributed by atoms with E-state index in [0.29, 0.717) is 6.54 Å². The lowest BCUT2D eigenvalue weighted by atomic mass is 9.72.